The van der Waals surface area contributed by atoms with Crippen molar-refractivity contribution >= 4 is 5.69 Å². The van der Waals surface area contributed by atoms with Crippen LogP contribution in [0.4, 0.5) is 5.69 Å². The second-order valence-electron chi connectivity index (χ2n) is 3.69. The van der Waals surface area contributed by atoms with Crippen LogP contribution >= 0.6 is 0 Å². The molecule has 1 heterocycles. The number of nitriles is 1. The summed E-state index contributed by atoms with van der Waals surface area (Å²) >= 11 is 0. The zero-order valence-corrected chi connectivity index (χ0v) is 10.1. The van der Waals surface area contributed by atoms with Crippen LogP contribution in [0.15, 0.2) is 40.8 Å². The zero-order chi connectivity index (χ0) is 12.8. The molecule has 0 saturated carbocycles. The lowest BCUT2D eigenvalue weighted by atomic mass is 10.3. The van der Waals surface area contributed by atoms with E-state index in [2.05, 4.69) is 5.32 Å². The number of furan rings is 1. The molecule has 4 heteroatoms. The minimum absolute atomic E-state index is 0.329. The molecule has 0 saturated heterocycles. The summed E-state index contributed by atoms with van der Waals surface area (Å²) in [6.45, 7) is 3.14. The summed E-state index contributed by atoms with van der Waals surface area (Å²) < 4.78 is 10.7. The molecule has 2 aromatic rings. The van der Waals surface area contributed by atoms with Gasteiger partial charge in [0, 0.05) is 11.8 Å². The number of anilines is 1. The average molecular weight is 242 g/mol. The number of nitrogens with zero attached hydrogens (tertiary/aromatic N) is 1. The van der Waals surface area contributed by atoms with Gasteiger partial charge in [-0.3, -0.25) is 0 Å². The molecule has 2 rings (SSSR count). The molecule has 92 valence electrons. The highest BCUT2D eigenvalue weighted by Crippen LogP contribution is 2.18. The predicted octanol–water partition coefficient (Wildman–Crippen LogP) is 3.16. The molecule has 0 aliphatic heterocycles. The van der Waals surface area contributed by atoms with Gasteiger partial charge in [0.2, 0.25) is 5.76 Å². The topological polar surface area (TPSA) is 58.2 Å². The van der Waals surface area contributed by atoms with E-state index in [4.69, 9.17) is 14.4 Å². The first-order valence-electron chi connectivity index (χ1n) is 5.77. The van der Waals surface area contributed by atoms with Crippen LogP contribution in [-0.2, 0) is 6.54 Å². The third kappa shape index (κ3) is 3.05. The van der Waals surface area contributed by atoms with Crippen molar-refractivity contribution < 1.29 is 9.15 Å². The van der Waals surface area contributed by atoms with Crippen molar-refractivity contribution in [2.75, 3.05) is 11.9 Å². The maximum absolute atomic E-state index is 8.65. The number of nitrogens with one attached hydrogen (secondary N) is 1. The van der Waals surface area contributed by atoms with Crippen LogP contribution in [0.5, 0.6) is 5.75 Å². The van der Waals surface area contributed by atoms with Gasteiger partial charge in [-0.1, -0.05) is 6.07 Å². The maximum Gasteiger partial charge on any atom is 0.203 e. The summed E-state index contributed by atoms with van der Waals surface area (Å²) in [5.41, 5.74) is 0.954. The summed E-state index contributed by atoms with van der Waals surface area (Å²) in [5, 5.41) is 11.9. The van der Waals surface area contributed by atoms with Gasteiger partial charge in [0.15, 0.2) is 0 Å². The van der Waals surface area contributed by atoms with E-state index >= 15 is 0 Å². The van der Waals surface area contributed by atoms with E-state index in [0.29, 0.717) is 18.9 Å². The Balaban J connectivity index is 1.97. The molecule has 0 bridgehead atoms. The fourth-order valence-electron chi connectivity index (χ4n) is 1.58. The molecule has 0 unspecified atom stereocenters. The molecule has 0 aliphatic carbocycles. The molecule has 1 aromatic heterocycles. The third-order valence-corrected chi connectivity index (χ3v) is 2.38. The normalized spacial score (nSPS) is 9.78. The van der Waals surface area contributed by atoms with Crippen molar-refractivity contribution in [3.05, 3.63) is 47.9 Å². The van der Waals surface area contributed by atoms with Crippen molar-refractivity contribution in [3.63, 3.8) is 0 Å². The Hall–Kier alpha value is -2.41. The van der Waals surface area contributed by atoms with Crippen molar-refractivity contribution in [1.82, 2.24) is 0 Å². The molecule has 0 aliphatic rings. The van der Waals surface area contributed by atoms with E-state index in [9.17, 15) is 0 Å². The Kier molecular flexibility index (Phi) is 3.87. The second kappa shape index (κ2) is 5.78. The smallest absolute Gasteiger partial charge is 0.203 e. The third-order valence-electron chi connectivity index (χ3n) is 2.38. The van der Waals surface area contributed by atoms with Gasteiger partial charge in [-0.05, 0) is 31.2 Å². The van der Waals surface area contributed by atoms with Gasteiger partial charge in [-0.25, -0.2) is 0 Å². The Morgan fingerprint density at radius 3 is 2.94 bits per heavy atom. The number of ether oxygens (including phenoxy) is 1. The molecule has 0 spiro atoms. The first-order chi connectivity index (χ1) is 8.81. The molecule has 0 atom stereocenters. The fraction of sp³-hybridized carbons (Fsp3) is 0.214. The molecule has 0 radical (unpaired) electrons. The second-order valence-corrected chi connectivity index (χ2v) is 3.69. The minimum atomic E-state index is 0.329. The van der Waals surface area contributed by atoms with Gasteiger partial charge < -0.3 is 14.5 Å². The van der Waals surface area contributed by atoms with Crippen molar-refractivity contribution in [2.45, 2.75) is 13.5 Å². The van der Waals surface area contributed by atoms with Crippen LogP contribution in [0.1, 0.15) is 18.4 Å². The van der Waals surface area contributed by atoms with Gasteiger partial charge in [0.25, 0.3) is 0 Å². The summed E-state index contributed by atoms with van der Waals surface area (Å²) in [7, 11) is 0. The van der Waals surface area contributed by atoms with Gasteiger partial charge in [-0.2, -0.15) is 5.26 Å². The SMILES string of the molecule is CCOc1cccc(NCc2ccc(C#N)o2)c1. The molecule has 18 heavy (non-hydrogen) atoms. The van der Waals surface area contributed by atoms with Gasteiger partial charge in [-0.15, -0.1) is 0 Å². The minimum Gasteiger partial charge on any atom is -0.494 e. The predicted molar refractivity (Wildman–Crippen MR) is 68.4 cm³/mol. The Bertz CT molecular complexity index is 555. The fourth-order valence-corrected chi connectivity index (χ4v) is 1.58. The summed E-state index contributed by atoms with van der Waals surface area (Å²) in [6.07, 6.45) is 0. The monoisotopic (exact) mass is 242 g/mol. The summed E-state index contributed by atoms with van der Waals surface area (Å²) in [6, 6.07) is 13.1. The van der Waals surface area contributed by atoms with Gasteiger partial charge >= 0.3 is 0 Å². The Labute approximate surface area is 106 Å². The number of benzene rings is 1. The Morgan fingerprint density at radius 1 is 1.33 bits per heavy atom. The molecular weight excluding hydrogens is 228 g/mol. The summed E-state index contributed by atoms with van der Waals surface area (Å²) in [5.74, 6) is 1.89. The highest BCUT2D eigenvalue weighted by molar-refractivity contribution is 5.48. The number of rotatable bonds is 5. The number of hydrogen-bond donors (Lipinski definition) is 1. The van der Waals surface area contributed by atoms with E-state index in [1.165, 1.54) is 0 Å². The lowest BCUT2D eigenvalue weighted by Gasteiger charge is -2.07. The quantitative estimate of drug-likeness (QED) is 0.874. The molecule has 0 fully saturated rings. The van der Waals surface area contributed by atoms with E-state index in [0.717, 1.165) is 17.2 Å². The highest BCUT2D eigenvalue weighted by Gasteiger charge is 2.01. The summed E-state index contributed by atoms with van der Waals surface area (Å²) in [4.78, 5) is 0. The highest BCUT2D eigenvalue weighted by atomic mass is 16.5. The molecular formula is C14H14N2O2. The van der Waals surface area contributed by atoms with E-state index in [-0.39, 0.29) is 0 Å². The van der Waals surface area contributed by atoms with Crippen LogP contribution in [0.25, 0.3) is 0 Å². The van der Waals surface area contributed by atoms with Crippen LogP contribution in [-0.4, -0.2) is 6.61 Å². The van der Waals surface area contributed by atoms with E-state index < -0.39 is 0 Å². The lowest BCUT2D eigenvalue weighted by molar-refractivity contribution is 0.340. The van der Waals surface area contributed by atoms with Crippen molar-refractivity contribution in [3.8, 4) is 11.8 Å². The van der Waals surface area contributed by atoms with Crippen LogP contribution in [0.3, 0.4) is 0 Å². The molecule has 0 amide bonds. The van der Waals surface area contributed by atoms with Crippen LogP contribution < -0.4 is 10.1 Å². The number of hydrogen-bond acceptors (Lipinski definition) is 4. The van der Waals surface area contributed by atoms with Crippen molar-refractivity contribution in [2.24, 2.45) is 0 Å². The van der Waals surface area contributed by atoms with Crippen molar-refractivity contribution in [1.29, 1.82) is 5.26 Å². The van der Waals surface area contributed by atoms with Gasteiger partial charge in [0.1, 0.15) is 17.6 Å². The zero-order valence-electron chi connectivity index (χ0n) is 10.1. The molecule has 1 aromatic carbocycles. The van der Waals surface area contributed by atoms with Crippen LogP contribution in [0, 0.1) is 11.3 Å². The van der Waals surface area contributed by atoms with E-state index in [1.807, 2.05) is 37.3 Å². The average Bonchev–Trinajstić information content (AvgIpc) is 2.85. The molecule has 4 nitrogen and oxygen atoms in total. The first kappa shape index (κ1) is 12.1. The lowest BCUT2D eigenvalue weighted by Crippen LogP contribution is -1.99. The maximum atomic E-state index is 8.65. The first-order valence-corrected chi connectivity index (χ1v) is 5.77. The van der Waals surface area contributed by atoms with Gasteiger partial charge in [0.05, 0.1) is 13.2 Å². The standard InChI is InChI=1S/C14H14N2O2/c1-2-17-12-5-3-4-11(8-12)16-10-14-7-6-13(9-15)18-14/h3-8,16H,2,10H2,1H3. The van der Waals surface area contributed by atoms with Crippen LogP contribution in [0.2, 0.25) is 0 Å². The Morgan fingerprint density at radius 2 is 2.22 bits per heavy atom. The van der Waals surface area contributed by atoms with E-state index in [1.54, 1.807) is 12.1 Å². The largest absolute Gasteiger partial charge is 0.494 e. The molecule has 1 N–H and O–H groups in total.